The monoisotopic (exact) mass is 261 g/mol. The first-order valence-corrected chi connectivity index (χ1v) is 8.12. The number of nitrogens with one attached hydrogen (secondary N) is 1. The van der Waals surface area contributed by atoms with E-state index in [1.54, 1.807) is 0 Å². The van der Waals surface area contributed by atoms with Crippen molar-refractivity contribution in [2.75, 3.05) is 6.54 Å². The fraction of sp³-hybridized carbons (Fsp3) is 0.812. The van der Waals surface area contributed by atoms with E-state index in [0.29, 0.717) is 0 Å². The molecule has 1 heterocycles. The molecule has 1 N–H and O–H groups in total. The summed E-state index contributed by atoms with van der Waals surface area (Å²) in [5.41, 5.74) is 1.48. The van der Waals surface area contributed by atoms with E-state index in [1.807, 2.05) is 0 Å². The largest absolute Gasteiger partial charge is 0.314 e. The average Bonchev–Trinajstić information content (AvgIpc) is 3.18. The van der Waals surface area contributed by atoms with Crippen LogP contribution in [-0.2, 0) is 6.54 Å². The molecule has 3 nitrogen and oxygen atoms in total. The first-order valence-electron chi connectivity index (χ1n) is 8.12. The van der Waals surface area contributed by atoms with E-state index >= 15 is 0 Å². The fourth-order valence-electron chi connectivity index (χ4n) is 3.42. The molecule has 0 saturated heterocycles. The quantitative estimate of drug-likeness (QED) is 0.824. The lowest BCUT2D eigenvalue weighted by molar-refractivity contribution is 0.374. The Labute approximate surface area is 116 Å². The van der Waals surface area contributed by atoms with Gasteiger partial charge in [-0.05, 0) is 56.6 Å². The Kier molecular flexibility index (Phi) is 4.21. The van der Waals surface area contributed by atoms with Crippen LogP contribution in [-0.4, -0.2) is 22.4 Å². The van der Waals surface area contributed by atoms with Gasteiger partial charge in [0.1, 0.15) is 0 Å². The van der Waals surface area contributed by atoms with Crippen LogP contribution in [0, 0.1) is 5.92 Å². The normalized spacial score (nSPS) is 28.3. The van der Waals surface area contributed by atoms with Crippen molar-refractivity contribution in [2.24, 2.45) is 5.92 Å². The molecule has 2 aliphatic rings. The molecule has 0 radical (unpaired) electrons. The number of aryl methyl sites for hydroxylation is 1. The molecule has 2 fully saturated rings. The van der Waals surface area contributed by atoms with Crippen LogP contribution in [0.5, 0.6) is 0 Å². The Balaban J connectivity index is 1.68. The molecular formula is C16H27N3. The number of hydrogen-bond donors (Lipinski definition) is 1. The highest BCUT2D eigenvalue weighted by Gasteiger charge is 2.28. The van der Waals surface area contributed by atoms with E-state index in [-0.39, 0.29) is 0 Å². The highest BCUT2D eigenvalue weighted by Crippen LogP contribution is 2.36. The molecule has 0 spiro atoms. The zero-order valence-electron chi connectivity index (χ0n) is 12.1. The molecule has 19 heavy (non-hydrogen) atoms. The van der Waals surface area contributed by atoms with Gasteiger partial charge in [-0.3, -0.25) is 4.68 Å². The number of aromatic nitrogens is 2. The molecule has 0 aromatic carbocycles. The second kappa shape index (κ2) is 6.08. The third kappa shape index (κ3) is 3.38. The first kappa shape index (κ1) is 13.2. The Morgan fingerprint density at radius 2 is 2.05 bits per heavy atom. The SMILES string of the molecule is CCn1cc(C2CCCCCC2CNC2CC2)cn1. The van der Waals surface area contributed by atoms with Crippen molar-refractivity contribution in [1.82, 2.24) is 15.1 Å². The van der Waals surface area contributed by atoms with E-state index in [1.165, 1.54) is 57.1 Å². The van der Waals surface area contributed by atoms with Crippen molar-refractivity contribution in [2.45, 2.75) is 70.4 Å². The molecule has 0 aliphatic heterocycles. The van der Waals surface area contributed by atoms with Crippen LogP contribution in [0.15, 0.2) is 12.4 Å². The van der Waals surface area contributed by atoms with Gasteiger partial charge in [-0.1, -0.05) is 19.3 Å². The molecule has 2 aliphatic carbocycles. The summed E-state index contributed by atoms with van der Waals surface area (Å²) < 4.78 is 2.08. The molecule has 1 aromatic rings. The van der Waals surface area contributed by atoms with Crippen LogP contribution >= 0.6 is 0 Å². The zero-order chi connectivity index (χ0) is 13.1. The molecular weight excluding hydrogens is 234 g/mol. The fourth-order valence-corrected chi connectivity index (χ4v) is 3.42. The van der Waals surface area contributed by atoms with Gasteiger partial charge in [0, 0.05) is 18.8 Å². The predicted octanol–water partition coefficient (Wildman–Crippen LogP) is 3.32. The molecule has 2 atom stereocenters. The molecule has 0 amide bonds. The van der Waals surface area contributed by atoms with Crippen molar-refractivity contribution >= 4 is 0 Å². The molecule has 0 bridgehead atoms. The summed E-state index contributed by atoms with van der Waals surface area (Å²) in [5.74, 6) is 1.55. The van der Waals surface area contributed by atoms with E-state index in [0.717, 1.165) is 24.4 Å². The standard InChI is InChI=1S/C16H27N3/c1-2-19-12-14(11-18-19)16-7-5-3-4-6-13(16)10-17-15-8-9-15/h11-13,15-17H,2-10H2,1H3. The molecule has 3 heteroatoms. The maximum absolute atomic E-state index is 4.48. The zero-order valence-corrected chi connectivity index (χ0v) is 12.1. The summed E-state index contributed by atoms with van der Waals surface area (Å²) in [5, 5.41) is 8.23. The van der Waals surface area contributed by atoms with Crippen LogP contribution in [0.25, 0.3) is 0 Å². The van der Waals surface area contributed by atoms with Crippen LogP contribution < -0.4 is 5.32 Å². The highest BCUT2D eigenvalue weighted by atomic mass is 15.3. The van der Waals surface area contributed by atoms with E-state index in [9.17, 15) is 0 Å². The second-order valence-electron chi connectivity index (χ2n) is 6.32. The Bertz CT molecular complexity index is 394. The van der Waals surface area contributed by atoms with Gasteiger partial charge in [0.2, 0.25) is 0 Å². The lowest BCUT2D eigenvalue weighted by atomic mass is 9.84. The predicted molar refractivity (Wildman–Crippen MR) is 78.2 cm³/mol. The molecule has 1 aromatic heterocycles. The lowest BCUT2D eigenvalue weighted by Gasteiger charge is -2.24. The Morgan fingerprint density at radius 1 is 1.21 bits per heavy atom. The Morgan fingerprint density at radius 3 is 2.79 bits per heavy atom. The maximum atomic E-state index is 4.48. The van der Waals surface area contributed by atoms with Gasteiger partial charge < -0.3 is 5.32 Å². The van der Waals surface area contributed by atoms with Gasteiger partial charge in [0.05, 0.1) is 6.20 Å². The van der Waals surface area contributed by atoms with Crippen LogP contribution in [0.3, 0.4) is 0 Å². The summed E-state index contributed by atoms with van der Waals surface area (Å²) in [6.07, 6.45) is 14.1. The summed E-state index contributed by atoms with van der Waals surface area (Å²) >= 11 is 0. The van der Waals surface area contributed by atoms with Gasteiger partial charge in [-0.15, -0.1) is 0 Å². The van der Waals surface area contributed by atoms with Crippen LogP contribution in [0.4, 0.5) is 0 Å². The lowest BCUT2D eigenvalue weighted by Crippen LogP contribution is -2.28. The minimum absolute atomic E-state index is 0.731. The molecule has 2 unspecified atom stereocenters. The van der Waals surface area contributed by atoms with Crippen LogP contribution in [0.1, 0.15) is 63.4 Å². The van der Waals surface area contributed by atoms with E-state index < -0.39 is 0 Å². The molecule has 3 rings (SSSR count). The summed E-state index contributed by atoms with van der Waals surface area (Å²) in [7, 11) is 0. The molecule has 106 valence electrons. The van der Waals surface area contributed by atoms with Crippen molar-refractivity contribution in [3.63, 3.8) is 0 Å². The minimum atomic E-state index is 0.731. The van der Waals surface area contributed by atoms with Crippen LogP contribution in [0.2, 0.25) is 0 Å². The summed E-state index contributed by atoms with van der Waals surface area (Å²) in [6.45, 7) is 4.36. The van der Waals surface area contributed by atoms with Gasteiger partial charge in [-0.2, -0.15) is 5.10 Å². The number of rotatable bonds is 5. The number of nitrogens with zero attached hydrogens (tertiary/aromatic N) is 2. The summed E-state index contributed by atoms with van der Waals surface area (Å²) in [6, 6.07) is 0.835. The van der Waals surface area contributed by atoms with Gasteiger partial charge >= 0.3 is 0 Å². The van der Waals surface area contributed by atoms with Crippen molar-refractivity contribution < 1.29 is 0 Å². The van der Waals surface area contributed by atoms with E-state index in [4.69, 9.17) is 0 Å². The highest BCUT2D eigenvalue weighted by molar-refractivity contribution is 5.13. The van der Waals surface area contributed by atoms with Crippen molar-refractivity contribution in [3.05, 3.63) is 18.0 Å². The Hall–Kier alpha value is -0.830. The van der Waals surface area contributed by atoms with Crippen molar-refractivity contribution in [1.29, 1.82) is 0 Å². The maximum Gasteiger partial charge on any atom is 0.0524 e. The minimum Gasteiger partial charge on any atom is -0.314 e. The number of hydrogen-bond acceptors (Lipinski definition) is 2. The topological polar surface area (TPSA) is 29.9 Å². The first-order chi connectivity index (χ1) is 9.36. The average molecular weight is 261 g/mol. The van der Waals surface area contributed by atoms with E-state index in [2.05, 4.69) is 34.4 Å². The third-order valence-electron chi connectivity index (χ3n) is 4.81. The second-order valence-corrected chi connectivity index (χ2v) is 6.32. The van der Waals surface area contributed by atoms with Crippen molar-refractivity contribution in [3.8, 4) is 0 Å². The molecule has 2 saturated carbocycles. The smallest absolute Gasteiger partial charge is 0.0524 e. The summed E-state index contributed by atoms with van der Waals surface area (Å²) in [4.78, 5) is 0. The third-order valence-corrected chi connectivity index (χ3v) is 4.81. The van der Waals surface area contributed by atoms with Gasteiger partial charge in [0.25, 0.3) is 0 Å². The van der Waals surface area contributed by atoms with Gasteiger partial charge in [-0.25, -0.2) is 0 Å². The van der Waals surface area contributed by atoms with Gasteiger partial charge in [0.15, 0.2) is 0 Å².